The molecule has 0 radical (unpaired) electrons. The molecule has 2 fully saturated rings. The van der Waals surface area contributed by atoms with Crippen molar-refractivity contribution in [3.63, 3.8) is 0 Å². The molecule has 26 heavy (non-hydrogen) atoms. The van der Waals surface area contributed by atoms with Crippen LogP contribution in [-0.2, 0) is 14.6 Å². The second-order valence-corrected chi connectivity index (χ2v) is 9.90. The zero-order chi connectivity index (χ0) is 19.1. The lowest BCUT2D eigenvalue weighted by molar-refractivity contribution is -0.00693. The number of nitrogens with zero attached hydrogens (tertiary/aromatic N) is 2. The Morgan fingerprint density at radius 2 is 1.54 bits per heavy atom. The number of amides is 2. The van der Waals surface area contributed by atoms with Crippen LogP contribution in [0, 0.1) is 0 Å². The fourth-order valence-electron chi connectivity index (χ4n) is 3.50. The molecular formula is C18H24N2O5S. The van der Waals surface area contributed by atoms with Crippen molar-refractivity contribution in [3.05, 3.63) is 35.9 Å². The van der Waals surface area contributed by atoms with Gasteiger partial charge in [-0.25, -0.2) is 13.2 Å². The molecule has 0 aliphatic carbocycles. The second-order valence-electron chi connectivity index (χ2n) is 7.75. The van der Waals surface area contributed by atoms with Crippen LogP contribution < -0.4 is 0 Å². The van der Waals surface area contributed by atoms with Gasteiger partial charge in [-0.15, -0.1) is 0 Å². The van der Waals surface area contributed by atoms with Gasteiger partial charge in [0, 0.05) is 18.7 Å². The molecule has 2 saturated heterocycles. The molecule has 1 aromatic rings. The molecule has 2 heterocycles. The molecule has 0 aromatic heterocycles. The van der Waals surface area contributed by atoms with E-state index in [1.165, 1.54) is 4.90 Å². The van der Waals surface area contributed by atoms with Crippen LogP contribution in [0.25, 0.3) is 0 Å². The summed E-state index contributed by atoms with van der Waals surface area (Å²) in [7, 11) is -3.33. The van der Waals surface area contributed by atoms with Gasteiger partial charge in [0.1, 0.15) is 5.60 Å². The smallest absolute Gasteiger partial charge is 0.410 e. The molecule has 1 aromatic carbocycles. The highest BCUT2D eigenvalue weighted by Gasteiger charge is 2.50. The summed E-state index contributed by atoms with van der Waals surface area (Å²) in [6, 6.07) is 7.66. The van der Waals surface area contributed by atoms with Crippen molar-refractivity contribution in [1.29, 1.82) is 0 Å². The summed E-state index contributed by atoms with van der Waals surface area (Å²) in [5.41, 5.74) is -0.151. The number of sulfone groups is 1. The Hall–Kier alpha value is -2.09. The molecule has 0 saturated carbocycles. The number of benzene rings is 1. The minimum absolute atomic E-state index is 0.129. The molecule has 0 N–H and O–H groups in total. The molecule has 0 unspecified atom stereocenters. The maximum atomic E-state index is 12.9. The van der Waals surface area contributed by atoms with Crippen molar-refractivity contribution in [2.24, 2.45) is 0 Å². The predicted octanol–water partition coefficient (Wildman–Crippen LogP) is 1.55. The number of carbonyl (C=O) groups excluding carboxylic acids is 2. The van der Waals surface area contributed by atoms with E-state index in [4.69, 9.17) is 4.74 Å². The highest BCUT2D eigenvalue weighted by molar-refractivity contribution is 7.91. The van der Waals surface area contributed by atoms with E-state index >= 15 is 0 Å². The zero-order valence-electron chi connectivity index (χ0n) is 15.2. The molecule has 3 rings (SSSR count). The van der Waals surface area contributed by atoms with Gasteiger partial charge in [0.05, 0.1) is 23.6 Å². The lowest BCUT2D eigenvalue weighted by atomic mass is 10.0. The molecule has 2 atom stereocenters. The summed E-state index contributed by atoms with van der Waals surface area (Å²) in [4.78, 5) is 28.4. The third kappa shape index (κ3) is 3.85. The third-order valence-corrected chi connectivity index (χ3v) is 6.28. The summed E-state index contributed by atoms with van der Waals surface area (Å²) in [5.74, 6) is -0.480. The standard InChI is InChI=1S/C18H24N2O5S/c1-18(2,3)25-17(22)20-10-9-19(14-11-26(23,24)12-15(14)20)16(21)13-7-5-4-6-8-13/h4-8,14-15H,9-12H2,1-3H3/t14-,15-/m0/s1. The van der Waals surface area contributed by atoms with Crippen LogP contribution in [0.5, 0.6) is 0 Å². The van der Waals surface area contributed by atoms with Crippen molar-refractivity contribution in [2.75, 3.05) is 24.6 Å². The van der Waals surface area contributed by atoms with Crippen LogP contribution >= 0.6 is 0 Å². The second kappa shape index (κ2) is 6.57. The first-order valence-electron chi connectivity index (χ1n) is 8.63. The SMILES string of the molecule is CC(C)(C)OC(=O)N1CCN(C(=O)c2ccccc2)[C@H]2CS(=O)(=O)C[C@@H]21. The first-order chi connectivity index (χ1) is 12.1. The number of hydrogen-bond donors (Lipinski definition) is 0. The lowest BCUT2D eigenvalue weighted by Crippen LogP contribution is -2.62. The Morgan fingerprint density at radius 1 is 1.00 bits per heavy atom. The van der Waals surface area contributed by atoms with E-state index in [9.17, 15) is 18.0 Å². The summed E-state index contributed by atoms with van der Waals surface area (Å²) >= 11 is 0. The third-order valence-electron chi connectivity index (χ3n) is 4.59. The molecular weight excluding hydrogens is 356 g/mol. The topological polar surface area (TPSA) is 84.0 Å². The normalized spacial score (nSPS) is 24.9. The summed E-state index contributed by atoms with van der Waals surface area (Å²) in [5, 5.41) is 0. The van der Waals surface area contributed by atoms with E-state index in [1.807, 2.05) is 6.07 Å². The van der Waals surface area contributed by atoms with Crippen molar-refractivity contribution in [2.45, 2.75) is 38.5 Å². The lowest BCUT2D eigenvalue weighted by Gasteiger charge is -2.43. The Morgan fingerprint density at radius 3 is 2.12 bits per heavy atom. The number of ether oxygens (including phenoxy) is 1. The number of carbonyl (C=O) groups is 2. The molecule has 8 heteroatoms. The average molecular weight is 380 g/mol. The van der Waals surface area contributed by atoms with Gasteiger partial charge >= 0.3 is 6.09 Å². The van der Waals surface area contributed by atoms with E-state index in [1.54, 1.807) is 49.9 Å². The van der Waals surface area contributed by atoms with Gasteiger partial charge < -0.3 is 14.5 Å². The minimum atomic E-state index is -3.33. The maximum Gasteiger partial charge on any atom is 0.410 e. The van der Waals surface area contributed by atoms with Gasteiger partial charge in [0.25, 0.3) is 5.91 Å². The molecule has 0 bridgehead atoms. The minimum Gasteiger partial charge on any atom is -0.444 e. The molecule has 2 aliphatic heterocycles. The van der Waals surface area contributed by atoms with Gasteiger partial charge in [-0.05, 0) is 32.9 Å². The average Bonchev–Trinajstić information content (AvgIpc) is 2.87. The number of fused-ring (bicyclic) bond motifs is 1. The van der Waals surface area contributed by atoms with Crippen LogP contribution in [0.2, 0.25) is 0 Å². The van der Waals surface area contributed by atoms with Crippen LogP contribution in [0.4, 0.5) is 4.79 Å². The van der Waals surface area contributed by atoms with Crippen molar-refractivity contribution >= 4 is 21.8 Å². The summed E-state index contributed by atoms with van der Waals surface area (Å²) in [6.07, 6.45) is -0.531. The Labute approximate surface area is 153 Å². The Kier molecular flexibility index (Phi) is 4.72. The van der Waals surface area contributed by atoms with Crippen molar-refractivity contribution < 1.29 is 22.7 Å². The van der Waals surface area contributed by atoms with Crippen LogP contribution in [-0.4, -0.2) is 72.5 Å². The largest absolute Gasteiger partial charge is 0.444 e. The van der Waals surface area contributed by atoms with E-state index in [2.05, 4.69) is 0 Å². The fourth-order valence-corrected chi connectivity index (χ4v) is 5.48. The van der Waals surface area contributed by atoms with Crippen LogP contribution in [0.15, 0.2) is 30.3 Å². The first kappa shape index (κ1) is 18.7. The van der Waals surface area contributed by atoms with Gasteiger partial charge in [0.2, 0.25) is 0 Å². The van der Waals surface area contributed by atoms with Crippen molar-refractivity contribution in [1.82, 2.24) is 9.80 Å². The highest BCUT2D eigenvalue weighted by atomic mass is 32.2. The maximum absolute atomic E-state index is 12.9. The Bertz CT molecular complexity index is 801. The van der Waals surface area contributed by atoms with E-state index in [0.717, 1.165) is 0 Å². The Balaban J connectivity index is 1.86. The highest BCUT2D eigenvalue weighted by Crippen LogP contribution is 2.29. The molecule has 0 spiro atoms. The van der Waals surface area contributed by atoms with Gasteiger partial charge in [0.15, 0.2) is 9.84 Å². The fraction of sp³-hybridized carbons (Fsp3) is 0.556. The van der Waals surface area contributed by atoms with E-state index < -0.39 is 33.6 Å². The van der Waals surface area contributed by atoms with Gasteiger partial charge in [-0.2, -0.15) is 0 Å². The molecule has 2 amide bonds. The van der Waals surface area contributed by atoms with E-state index in [0.29, 0.717) is 5.56 Å². The monoisotopic (exact) mass is 380 g/mol. The number of rotatable bonds is 1. The van der Waals surface area contributed by atoms with Gasteiger partial charge in [-0.3, -0.25) is 4.79 Å². The molecule has 2 aliphatic rings. The van der Waals surface area contributed by atoms with E-state index in [-0.39, 0.29) is 30.5 Å². The summed E-state index contributed by atoms with van der Waals surface area (Å²) in [6.45, 7) is 5.84. The number of hydrogen-bond acceptors (Lipinski definition) is 5. The van der Waals surface area contributed by atoms with Crippen LogP contribution in [0.3, 0.4) is 0 Å². The molecule has 142 valence electrons. The quantitative estimate of drug-likeness (QED) is 0.738. The zero-order valence-corrected chi connectivity index (χ0v) is 16.0. The van der Waals surface area contributed by atoms with Crippen LogP contribution in [0.1, 0.15) is 31.1 Å². The summed E-state index contributed by atoms with van der Waals surface area (Å²) < 4.78 is 29.9. The first-order valence-corrected chi connectivity index (χ1v) is 10.5. The predicted molar refractivity (Wildman–Crippen MR) is 96.6 cm³/mol. The van der Waals surface area contributed by atoms with Crippen molar-refractivity contribution in [3.8, 4) is 0 Å². The van der Waals surface area contributed by atoms with Gasteiger partial charge in [-0.1, -0.05) is 18.2 Å². The molecule has 7 nitrogen and oxygen atoms in total. The number of piperazine rings is 1.